The van der Waals surface area contributed by atoms with Crippen LogP contribution in [-0.2, 0) is 18.0 Å². The third kappa shape index (κ3) is 3.69. The van der Waals surface area contributed by atoms with E-state index in [9.17, 15) is 4.79 Å². The van der Waals surface area contributed by atoms with Crippen LogP contribution < -0.4 is 11.3 Å². The van der Waals surface area contributed by atoms with Crippen molar-refractivity contribution >= 4 is 21.8 Å². The van der Waals surface area contributed by atoms with Gasteiger partial charge in [0, 0.05) is 10.0 Å². The van der Waals surface area contributed by atoms with E-state index in [-0.39, 0.29) is 5.76 Å². The zero-order valence-corrected chi connectivity index (χ0v) is 12.6. The number of nitrogens with two attached hydrogens (primary N) is 1. The highest BCUT2D eigenvalue weighted by molar-refractivity contribution is 9.10. The van der Waals surface area contributed by atoms with Gasteiger partial charge in [0.2, 0.25) is 0 Å². The second-order valence-electron chi connectivity index (χ2n) is 4.28. The van der Waals surface area contributed by atoms with Gasteiger partial charge in [-0.3, -0.25) is 10.2 Å². The number of carbonyl (C=O) groups is 1. The van der Waals surface area contributed by atoms with Gasteiger partial charge in [-0.15, -0.1) is 0 Å². The summed E-state index contributed by atoms with van der Waals surface area (Å²) in [5, 5.41) is 0. The number of carbonyl (C=O) groups excluding carboxylic acids is 1. The summed E-state index contributed by atoms with van der Waals surface area (Å²) in [5.74, 6) is 5.44. The molecule has 0 bridgehead atoms. The molecule has 106 valence electrons. The first-order valence-corrected chi connectivity index (χ1v) is 6.82. The van der Waals surface area contributed by atoms with E-state index in [0.717, 1.165) is 15.6 Å². The van der Waals surface area contributed by atoms with Gasteiger partial charge in [0.05, 0.1) is 13.2 Å². The molecule has 0 aliphatic carbocycles. The molecule has 0 fully saturated rings. The van der Waals surface area contributed by atoms with Crippen LogP contribution in [0.15, 0.2) is 39.2 Å². The molecule has 0 radical (unpaired) electrons. The number of rotatable bonds is 5. The normalized spacial score (nSPS) is 10.6. The molecule has 0 aliphatic rings. The van der Waals surface area contributed by atoms with Gasteiger partial charge in [0.25, 0.3) is 0 Å². The fraction of sp³-hybridized carbons (Fsp3) is 0.214. The third-order valence-corrected chi connectivity index (χ3v) is 3.34. The fourth-order valence-corrected chi connectivity index (χ4v) is 1.97. The summed E-state index contributed by atoms with van der Waals surface area (Å²) in [6.45, 7) is 2.66. The molecule has 6 heteroatoms. The quantitative estimate of drug-likeness (QED) is 0.499. The molecular formula is C14H15BrN2O3. The first-order valence-electron chi connectivity index (χ1n) is 6.02. The maximum absolute atomic E-state index is 11.3. The number of aryl methyl sites for hydroxylation is 1. The van der Waals surface area contributed by atoms with Crippen LogP contribution >= 0.6 is 15.9 Å². The first-order chi connectivity index (χ1) is 9.60. The van der Waals surface area contributed by atoms with Crippen molar-refractivity contribution in [2.75, 3.05) is 0 Å². The van der Waals surface area contributed by atoms with Gasteiger partial charge >= 0.3 is 5.91 Å². The van der Waals surface area contributed by atoms with Crippen LogP contribution in [0.5, 0.6) is 0 Å². The van der Waals surface area contributed by atoms with Gasteiger partial charge in [0.1, 0.15) is 5.76 Å². The molecule has 0 saturated carbocycles. The van der Waals surface area contributed by atoms with E-state index >= 15 is 0 Å². The van der Waals surface area contributed by atoms with Gasteiger partial charge in [0.15, 0.2) is 5.76 Å². The Hall–Kier alpha value is -1.63. The van der Waals surface area contributed by atoms with Crippen LogP contribution in [0.2, 0.25) is 0 Å². The molecule has 0 spiro atoms. The van der Waals surface area contributed by atoms with Crippen LogP contribution in [-0.4, -0.2) is 5.91 Å². The SMILES string of the molecule is Cc1oc(C(=O)NN)cc1COCc1ccc(Br)cc1. The summed E-state index contributed by atoms with van der Waals surface area (Å²) in [4.78, 5) is 11.3. The summed E-state index contributed by atoms with van der Waals surface area (Å²) in [7, 11) is 0. The highest BCUT2D eigenvalue weighted by atomic mass is 79.9. The number of furan rings is 1. The summed E-state index contributed by atoms with van der Waals surface area (Å²) < 4.78 is 12.0. The number of benzene rings is 1. The number of amides is 1. The second-order valence-corrected chi connectivity index (χ2v) is 5.20. The standard InChI is InChI=1S/C14H15BrN2O3/c1-9-11(6-13(20-9)14(18)17-16)8-19-7-10-2-4-12(15)5-3-10/h2-6H,7-8,16H2,1H3,(H,17,18). The predicted octanol–water partition coefficient (Wildman–Crippen LogP) is 2.67. The van der Waals surface area contributed by atoms with Crippen molar-refractivity contribution in [1.82, 2.24) is 5.43 Å². The topological polar surface area (TPSA) is 77.5 Å². The fourth-order valence-electron chi connectivity index (χ4n) is 1.71. The number of halogens is 1. The van der Waals surface area contributed by atoms with Crippen molar-refractivity contribution in [3.05, 3.63) is 57.5 Å². The minimum Gasteiger partial charge on any atom is -0.456 e. The smallest absolute Gasteiger partial charge is 0.300 e. The average Bonchev–Trinajstić information content (AvgIpc) is 2.82. The number of hydrazine groups is 1. The Morgan fingerprint density at radius 2 is 2.05 bits per heavy atom. The highest BCUT2D eigenvalue weighted by Crippen LogP contribution is 2.17. The Balaban J connectivity index is 1.92. The molecule has 1 aromatic carbocycles. The molecule has 2 aromatic rings. The van der Waals surface area contributed by atoms with Gasteiger partial charge in [-0.05, 0) is 30.7 Å². The Morgan fingerprint density at radius 1 is 1.35 bits per heavy atom. The molecular weight excluding hydrogens is 324 g/mol. The van der Waals surface area contributed by atoms with E-state index in [4.69, 9.17) is 15.0 Å². The van der Waals surface area contributed by atoms with Crippen molar-refractivity contribution in [1.29, 1.82) is 0 Å². The zero-order valence-electron chi connectivity index (χ0n) is 11.0. The van der Waals surface area contributed by atoms with Crippen LogP contribution in [0.3, 0.4) is 0 Å². The summed E-state index contributed by atoms with van der Waals surface area (Å²) in [5.41, 5.74) is 3.94. The van der Waals surface area contributed by atoms with Gasteiger partial charge < -0.3 is 9.15 Å². The van der Waals surface area contributed by atoms with E-state index in [2.05, 4.69) is 15.9 Å². The molecule has 0 atom stereocenters. The Bertz CT molecular complexity index is 593. The molecule has 20 heavy (non-hydrogen) atoms. The molecule has 5 nitrogen and oxygen atoms in total. The maximum atomic E-state index is 11.3. The van der Waals surface area contributed by atoms with Crippen molar-refractivity contribution in [3.63, 3.8) is 0 Å². The van der Waals surface area contributed by atoms with E-state index in [1.165, 1.54) is 0 Å². The molecule has 1 aromatic heterocycles. The van der Waals surface area contributed by atoms with E-state index < -0.39 is 5.91 Å². The van der Waals surface area contributed by atoms with Crippen LogP contribution in [0.25, 0.3) is 0 Å². The molecule has 1 amide bonds. The Morgan fingerprint density at radius 3 is 2.70 bits per heavy atom. The first kappa shape index (κ1) is 14.8. The lowest BCUT2D eigenvalue weighted by Gasteiger charge is -2.03. The molecule has 0 saturated heterocycles. The van der Waals surface area contributed by atoms with Crippen LogP contribution in [0.4, 0.5) is 0 Å². The average molecular weight is 339 g/mol. The molecule has 3 N–H and O–H groups in total. The van der Waals surface area contributed by atoms with E-state index in [1.54, 1.807) is 13.0 Å². The molecule has 0 aliphatic heterocycles. The van der Waals surface area contributed by atoms with Gasteiger partial charge in [-0.1, -0.05) is 28.1 Å². The number of nitrogens with one attached hydrogen (secondary N) is 1. The Kier molecular flexibility index (Phi) is 4.94. The molecule has 0 unspecified atom stereocenters. The van der Waals surface area contributed by atoms with Gasteiger partial charge in [-0.2, -0.15) is 0 Å². The third-order valence-electron chi connectivity index (χ3n) is 2.82. The lowest BCUT2D eigenvalue weighted by Crippen LogP contribution is -2.29. The number of nitrogen functional groups attached to an aromatic ring is 1. The second kappa shape index (κ2) is 6.69. The summed E-state index contributed by atoms with van der Waals surface area (Å²) in [6.07, 6.45) is 0. The number of ether oxygens (including phenoxy) is 1. The Labute approximate surface area is 125 Å². The van der Waals surface area contributed by atoms with Crippen LogP contribution in [0, 0.1) is 6.92 Å². The van der Waals surface area contributed by atoms with Crippen molar-refractivity contribution < 1.29 is 13.9 Å². The van der Waals surface area contributed by atoms with Crippen molar-refractivity contribution in [2.45, 2.75) is 20.1 Å². The van der Waals surface area contributed by atoms with Crippen molar-refractivity contribution in [3.8, 4) is 0 Å². The molecule has 1 heterocycles. The minimum absolute atomic E-state index is 0.187. The highest BCUT2D eigenvalue weighted by Gasteiger charge is 2.13. The number of hydrogen-bond donors (Lipinski definition) is 2. The zero-order chi connectivity index (χ0) is 14.5. The molecule has 2 rings (SSSR count). The number of hydrogen-bond acceptors (Lipinski definition) is 4. The van der Waals surface area contributed by atoms with Crippen LogP contribution in [0.1, 0.15) is 27.4 Å². The lowest BCUT2D eigenvalue weighted by molar-refractivity contribution is 0.0924. The maximum Gasteiger partial charge on any atom is 0.300 e. The largest absolute Gasteiger partial charge is 0.456 e. The van der Waals surface area contributed by atoms with Gasteiger partial charge in [-0.25, -0.2) is 5.84 Å². The van der Waals surface area contributed by atoms with E-state index in [0.29, 0.717) is 19.0 Å². The minimum atomic E-state index is -0.452. The lowest BCUT2D eigenvalue weighted by atomic mass is 10.2. The predicted molar refractivity (Wildman–Crippen MR) is 77.7 cm³/mol. The van der Waals surface area contributed by atoms with E-state index in [1.807, 2.05) is 29.7 Å². The monoisotopic (exact) mass is 338 g/mol. The summed E-state index contributed by atoms with van der Waals surface area (Å²) in [6, 6.07) is 9.54. The van der Waals surface area contributed by atoms with Crippen molar-refractivity contribution in [2.24, 2.45) is 5.84 Å². The summed E-state index contributed by atoms with van der Waals surface area (Å²) >= 11 is 3.38.